The maximum Gasteiger partial charge on any atom is 0.337 e. The molecule has 1 aromatic heterocycles. The van der Waals surface area contributed by atoms with Crippen molar-refractivity contribution in [3.8, 4) is 0 Å². The Bertz CT molecular complexity index is 1960. The summed E-state index contributed by atoms with van der Waals surface area (Å²) in [6.07, 6.45) is 0. The fraction of sp³-hybridized carbons (Fsp3) is 0. The smallest absolute Gasteiger partial charge is 0.337 e. The van der Waals surface area contributed by atoms with Gasteiger partial charge in [0.2, 0.25) is 0 Å². The van der Waals surface area contributed by atoms with E-state index in [1.165, 1.54) is 23.5 Å². The van der Waals surface area contributed by atoms with Crippen molar-refractivity contribution in [1.29, 1.82) is 0 Å². The first-order chi connectivity index (χ1) is 17.8. The number of aromatic carboxylic acids is 2. The third-order valence-corrected chi connectivity index (χ3v) is 7.80. The van der Waals surface area contributed by atoms with Crippen LogP contribution >= 0.6 is 22.9 Å². The number of benzene rings is 5. The minimum absolute atomic E-state index is 0.0628. The van der Waals surface area contributed by atoms with Gasteiger partial charge in [0.05, 0.1) is 21.8 Å². The van der Waals surface area contributed by atoms with Crippen LogP contribution in [0.5, 0.6) is 0 Å². The molecule has 1 amide bonds. The molecule has 0 atom stereocenters. The molecule has 0 radical (unpaired) electrons. The molecule has 180 valence electrons. The van der Waals surface area contributed by atoms with Gasteiger partial charge < -0.3 is 15.5 Å². The highest BCUT2D eigenvalue weighted by Gasteiger charge is 2.19. The van der Waals surface area contributed by atoms with Crippen molar-refractivity contribution in [3.05, 3.63) is 101 Å². The van der Waals surface area contributed by atoms with Gasteiger partial charge in [-0.2, -0.15) is 0 Å². The van der Waals surface area contributed by atoms with Crippen LogP contribution in [0, 0.1) is 0 Å². The van der Waals surface area contributed by atoms with Crippen LogP contribution < -0.4 is 5.32 Å². The summed E-state index contributed by atoms with van der Waals surface area (Å²) in [6, 6.07) is 23.5. The monoisotopic (exact) mass is 525 g/mol. The van der Waals surface area contributed by atoms with Gasteiger partial charge in [0.15, 0.2) is 0 Å². The molecule has 0 saturated heterocycles. The lowest BCUT2D eigenvalue weighted by Crippen LogP contribution is -2.14. The summed E-state index contributed by atoms with van der Waals surface area (Å²) < 4.78 is 1.41. The molecule has 0 fully saturated rings. The van der Waals surface area contributed by atoms with Crippen LogP contribution in [0.1, 0.15) is 31.1 Å². The number of rotatable bonds is 4. The number of carboxylic acids is 2. The minimum Gasteiger partial charge on any atom is -0.478 e. The van der Waals surface area contributed by atoms with E-state index in [1.807, 2.05) is 36.4 Å². The van der Waals surface area contributed by atoms with Gasteiger partial charge in [-0.15, -0.1) is 11.3 Å². The molecule has 0 unspecified atom stereocenters. The van der Waals surface area contributed by atoms with Gasteiger partial charge >= 0.3 is 11.9 Å². The molecule has 3 N–H and O–H groups in total. The van der Waals surface area contributed by atoms with E-state index in [-0.39, 0.29) is 21.8 Å². The van der Waals surface area contributed by atoms with Crippen molar-refractivity contribution in [2.75, 3.05) is 5.32 Å². The third kappa shape index (κ3) is 3.94. The van der Waals surface area contributed by atoms with Gasteiger partial charge in [-0.05, 0) is 70.1 Å². The normalized spacial score (nSPS) is 11.4. The third-order valence-electron chi connectivity index (χ3n) is 6.38. The molecular formula is C29H16ClNO5S. The number of carbonyl (C=O) groups excluding carboxylic acids is 1. The first-order valence-corrected chi connectivity index (χ1v) is 12.4. The lowest BCUT2D eigenvalue weighted by atomic mass is 10.0. The maximum atomic E-state index is 13.2. The standard InChI is InChI=1S/C29H16ClNO5S/c30-23-12-25-19(10-21(23)28(33)34)20-11-22(29(35)36)24(13-26(20)37-25)31-27(32)17-6-5-16-7-14-3-1-2-4-15(14)8-18(16)9-17/h1-13H,(H,31,32)(H,33,34)(H,35,36). The van der Waals surface area contributed by atoms with Crippen LogP contribution in [-0.2, 0) is 0 Å². The van der Waals surface area contributed by atoms with Crippen LogP contribution in [-0.4, -0.2) is 28.1 Å². The Hall–Kier alpha value is -4.46. The fourth-order valence-electron chi connectivity index (χ4n) is 4.56. The molecule has 8 heteroatoms. The zero-order chi connectivity index (χ0) is 25.8. The first kappa shape index (κ1) is 23.0. The van der Waals surface area contributed by atoms with Gasteiger partial charge in [-0.1, -0.05) is 41.9 Å². The summed E-state index contributed by atoms with van der Waals surface area (Å²) in [7, 11) is 0. The Kier molecular flexibility index (Phi) is 5.33. The predicted octanol–water partition coefficient (Wildman–Crippen LogP) is 7.66. The Balaban J connectivity index is 1.42. The molecule has 0 spiro atoms. The Morgan fingerprint density at radius 3 is 1.95 bits per heavy atom. The van der Waals surface area contributed by atoms with Gasteiger partial charge in [0, 0.05) is 25.7 Å². The predicted molar refractivity (Wildman–Crippen MR) is 148 cm³/mol. The number of thiophene rings is 1. The lowest BCUT2D eigenvalue weighted by molar-refractivity contribution is 0.0686. The topological polar surface area (TPSA) is 104 Å². The second kappa shape index (κ2) is 8.58. The van der Waals surface area contributed by atoms with Crippen LogP contribution in [0.3, 0.4) is 0 Å². The number of hydrogen-bond acceptors (Lipinski definition) is 4. The quantitative estimate of drug-likeness (QED) is 0.205. The van der Waals surface area contributed by atoms with E-state index in [0.717, 1.165) is 21.5 Å². The Morgan fingerprint density at radius 2 is 1.27 bits per heavy atom. The van der Waals surface area contributed by atoms with Gasteiger partial charge in [-0.3, -0.25) is 4.79 Å². The van der Waals surface area contributed by atoms with E-state index < -0.39 is 17.8 Å². The number of carboxylic acid groups (broad SMARTS) is 2. The molecule has 0 bridgehead atoms. The number of halogens is 1. The summed E-state index contributed by atoms with van der Waals surface area (Å²) in [6.45, 7) is 0. The average Bonchev–Trinajstić information content (AvgIpc) is 3.21. The van der Waals surface area contributed by atoms with Gasteiger partial charge in [0.25, 0.3) is 5.91 Å². The largest absolute Gasteiger partial charge is 0.478 e. The molecule has 5 aromatic carbocycles. The number of fused-ring (bicyclic) bond motifs is 5. The van der Waals surface area contributed by atoms with E-state index in [2.05, 4.69) is 11.4 Å². The van der Waals surface area contributed by atoms with Gasteiger partial charge in [0.1, 0.15) is 0 Å². The van der Waals surface area contributed by atoms with Crippen molar-refractivity contribution in [2.24, 2.45) is 0 Å². The highest BCUT2D eigenvalue weighted by Crippen LogP contribution is 2.39. The van der Waals surface area contributed by atoms with Crippen molar-refractivity contribution in [3.63, 3.8) is 0 Å². The second-order valence-electron chi connectivity index (χ2n) is 8.65. The van der Waals surface area contributed by atoms with Crippen molar-refractivity contribution >= 4 is 88.2 Å². The van der Waals surface area contributed by atoms with E-state index in [0.29, 0.717) is 25.7 Å². The summed E-state index contributed by atoms with van der Waals surface area (Å²) in [4.78, 5) is 36.8. The van der Waals surface area contributed by atoms with Crippen molar-refractivity contribution < 1.29 is 24.6 Å². The van der Waals surface area contributed by atoms with Crippen LogP contribution in [0.25, 0.3) is 41.7 Å². The molecule has 1 heterocycles. The fourth-order valence-corrected chi connectivity index (χ4v) is 6.02. The average molecular weight is 526 g/mol. The SMILES string of the molecule is O=C(Nc1cc2sc3cc(Cl)c(C(=O)O)cc3c2cc1C(=O)O)c1ccc2cc3ccccc3cc2c1. The van der Waals surface area contributed by atoms with E-state index >= 15 is 0 Å². The molecule has 0 aliphatic rings. The summed E-state index contributed by atoms with van der Waals surface area (Å²) in [5.41, 5.74) is 0.388. The highest BCUT2D eigenvalue weighted by molar-refractivity contribution is 7.25. The van der Waals surface area contributed by atoms with Crippen molar-refractivity contribution in [2.45, 2.75) is 0 Å². The molecule has 0 saturated carbocycles. The minimum atomic E-state index is -1.21. The van der Waals surface area contributed by atoms with Crippen molar-refractivity contribution in [1.82, 2.24) is 0 Å². The molecule has 0 aliphatic heterocycles. The summed E-state index contributed by atoms with van der Waals surface area (Å²) in [5.74, 6) is -2.82. The number of hydrogen-bond donors (Lipinski definition) is 3. The van der Waals surface area contributed by atoms with E-state index in [1.54, 1.807) is 24.3 Å². The van der Waals surface area contributed by atoms with E-state index in [4.69, 9.17) is 11.6 Å². The number of carbonyl (C=O) groups is 3. The van der Waals surface area contributed by atoms with Crippen LogP contribution in [0.2, 0.25) is 5.02 Å². The molecule has 6 aromatic rings. The van der Waals surface area contributed by atoms with E-state index in [9.17, 15) is 24.6 Å². The Morgan fingerprint density at radius 1 is 0.676 bits per heavy atom. The van der Waals surface area contributed by atoms with Crippen LogP contribution in [0.15, 0.2) is 78.9 Å². The number of amides is 1. The number of anilines is 1. The zero-order valence-electron chi connectivity index (χ0n) is 18.9. The molecule has 6 nitrogen and oxygen atoms in total. The number of nitrogens with one attached hydrogen (secondary N) is 1. The Labute approximate surface area is 218 Å². The molecule has 0 aliphatic carbocycles. The second-order valence-corrected chi connectivity index (χ2v) is 10.1. The highest BCUT2D eigenvalue weighted by atomic mass is 35.5. The molecule has 6 rings (SSSR count). The molecular weight excluding hydrogens is 510 g/mol. The molecule has 37 heavy (non-hydrogen) atoms. The van der Waals surface area contributed by atoms with Crippen LogP contribution in [0.4, 0.5) is 5.69 Å². The first-order valence-electron chi connectivity index (χ1n) is 11.2. The lowest BCUT2D eigenvalue weighted by Gasteiger charge is -2.10. The maximum absolute atomic E-state index is 13.2. The summed E-state index contributed by atoms with van der Waals surface area (Å²) in [5, 5.41) is 27.4. The summed E-state index contributed by atoms with van der Waals surface area (Å²) >= 11 is 7.46. The zero-order valence-corrected chi connectivity index (χ0v) is 20.5. The van der Waals surface area contributed by atoms with Gasteiger partial charge in [-0.25, -0.2) is 9.59 Å².